The van der Waals surface area contributed by atoms with E-state index in [1.807, 2.05) is 13.8 Å². The predicted molar refractivity (Wildman–Crippen MR) is 79.4 cm³/mol. The molecule has 0 heterocycles. The molecule has 0 aliphatic rings. The van der Waals surface area contributed by atoms with Crippen molar-refractivity contribution in [3.05, 3.63) is 0 Å². The number of hydrogen-bond acceptors (Lipinski definition) is 4. The van der Waals surface area contributed by atoms with Gasteiger partial charge in [-0.3, -0.25) is 0 Å². The zero-order valence-electron chi connectivity index (χ0n) is 13.0. The third kappa shape index (κ3) is 12.6. The van der Waals surface area contributed by atoms with Gasteiger partial charge in [0.25, 0.3) is 0 Å². The molecule has 4 heteroatoms. The van der Waals surface area contributed by atoms with E-state index in [0.717, 1.165) is 13.0 Å². The summed E-state index contributed by atoms with van der Waals surface area (Å²) in [6.07, 6.45) is 6.99. The average Bonchev–Trinajstić information content (AvgIpc) is 2.39. The summed E-state index contributed by atoms with van der Waals surface area (Å²) in [7, 11) is 0. The molecule has 0 saturated heterocycles. The highest BCUT2D eigenvalue weighted by Gasteiger charge is 2.16. The first-order valence-corrected chi connectivity index (χ1v) is 7.63. The standard InChI is InChI=1S/C15H33NO3/c1-4-5-6-7-8-9-10-19-12-14(18)11-16-15(2,3)13-17/h14,16-18H,4-13H2,1-3H3. The lowest BCUT2D eigenvalue weighted by molar-refractivity contribution is 0.0298. The van der Waals surface area contributed by atoms with E-state index in [1.165, 1.54) is 32.1 Å². The smallest absolute Gasteiger partial charge is 0.0897 e. The van der Waals surface area contributed by atoms with Gasteiger partial charge in [0.1, 0.15) is 0 Å². The first-order valence-electron chi connectivity index (χ1n) is 7.63. The van der Waals surface area contributed by atoms with Crippen molar-refractivity contribution < 1.29 is 14.9 Å². The summed E-state index contributed by atoms with van der Waals surface area (Å²) in [5, 5.41) is 21.9. The normalized spacial score (nSPS) is 13.7. The van der Waals surface area contributed by atoms with Gasteiger partial charge in [-0.1, -0.05) is 39.0 Å². The van der Waals surface area contributed by atoms with Crippen LogP contribution < -0.4 is 5.32 Å². The fourth-order valence-electron chi connectivity index (χ4n) is 1.71. The minimum Gasteiger partial charge on any atom is -0.394 e. The van der Waals surface area contributed by atoms with Crippen molar-refractivity contribution >= 4 is 0 Å². The van der Waals surface area contributed by atoms with E-state index < -0.39 is 6.10 Å². The fourth-order valence-corrected chi connectivity index (χ4v) is 1.71. The molecule has 0 bridgehead atoms. The molecule has 0 radical (unpaired) electrons. The van der Waals surface area contributed by atoms with E-state index in [9.17, 15) is 5.11 Å². The Hall–Kier alpha value is -0.160. The Balaban J connectivity index is 3.32. The van der Waals surface area contributed by atoms with Crippen molar-refractivity contribution in [3.8, 4) is 0 Å². The van der Waals surface area contributed by atoms with Crippen LogP contribution in [0.25, 0.3) is 0 Å². The number of nitrogens with one attached hydrogen (secondary N) is 1. The van der Waals surface area contributed by atoms with E-state index in [4.69, 9.17) is 9.84 Å². The Kier molecular flexibility index (Phi) is 11.6. The van der Waals surface area contributed by atoms with Crippen LogP contribution >= 0.6 is 0 Å². The monoisotopic (exact) mass is 275 g/mol. The van der Waals surface area contributed by atoms with Crippen molar-refractivity contribution in [2.24, 2.45) is 0 Å². The van der Waals surface area contributed by atoms with Crippen LogP contribution in [-0.2, 0) is 4.74 Å². The minimum absolute atomic E-state index is 0.0539. The van der Waals surface area contributed by atoms with Gasteiger partial charge in [0.15, 0.2) is 0 Å². The molecule has 0 aliphatic carbocycles. The highest BCUT2D eigenvalue weighted by molar-refractivity contribution is 4.77. The number of unbranched alkanes of at least 4 members (excludes halogenated alkanes) is 5. The van der Waals surface area contributed by atoms with Gasteiger partial charge in [-0.15, -0.1) is 0 Å². The molecule has 0 fully saturated rings. The minimum atomic E-state index is -0.508. The van der Waals surface area contributed by atoms with Crippen molar-refractivity contribution in [1.29, 1.82) is 0 Å². The summed E-state index contributed by atoms with van der Waals surface area (Å²) >= 11 is 0. The zero-order chi connectivity index (χ0) is 14.6. The van der Waals surface area contributed by atoms with Crippen LogP contribution in [0.2, 0.25) is 0 Å². The first-order chi connectivity index (χ1) is 9.02. The molecular weight excluding hydrogens is 242 g/mol. The van der Waals surface area contributed by atoms with E-state index >= 15 is 0 Å². The van der Waals surface area contributed by atoms with Crippen LogP contribution in [0.5, 0.6) is 0 Å². The number of hydrogen-bond donors (Lipinski definition) is 3. The van der Waals surface area contributed by atoms with Crippen LogP contribution in [0, 0.1) is 0 Å². The van der Waals surface area contributed by atoms with Crippen LogP contribution in [0.15, 0.2) is 0 Å². The summed E-state index contributed by atoms with van der Waals surface area (Å²) in [5.41, 5.74) is -0.347. The van der Waals surface area contributed by atoms with Crippen molar-refractivity contribution in [1.82, 2.24) is 5.32 Å². The summed E-state index contributed by atoms with van der Waals surface area (Å²) < 4.78 is 5.45. The van der Waals surface area contributed by atoms with Gasteiger partial charge in [-0.2, -0.15) is 0 Å². The Morgan fingerprint density at radius 3 is 2.37 bits per heavy atom. The van der Waals surface area contributed by atoms with Crippen LogP contribution in [-0.4, -0.2) is 48.2 Å². The first kappa shape index (κ1) is 18.8. The Morgan fingerprint density at radius 1 is 1.11 bits per heavy atom. The Morgan fingerprint density at radius 2 is 1.74 bits per heavy atom. The van der Waals surface area contributed by atoms with E-state index in [2.05, 4.69) is 12.2 Å². The summed E-state index contributed by atoms with van der Waals surface area (Å²) in [4.78, 5) is 0. The van der Waals surface area contributed by atoms with Gasteiger partial charge >= 0.3 is 0 Å². The highest BCUT2D eigenvalue weighted by Crippen LogP contribution is 2.05. The molecule has 1 unspecified atom stereocenters. The van der Waals surface area contributed by atoms with E-state index in [-0.39, 0.29) is 12.1 Å². The Labute approximate surface area is 118 Å². The lowest BCUT2D eigenvalue weighted by Crippen LogP contribution is -2.46. The number of ether oxygens (including phenoxy) is 1. The van der Waals surface area contributed by atoms with E-state index in [1.54, 1.807) is 0 Å². The second-order valence-corrected chi connectivity index (χ2v) is 5.92. The van der Waals surface area contributed by atoms with Crippen molar-refractivity contribution in [2.75, 3.05) is 26.4 Å². The van der Waals surface area contributed by atoms with Crippen LogP contribution in [0.3, 0.4) is 0 Å². The second-order valence-electron chi connectivity index (χ2n) is 5.92. The number of β-amino-alcohol motifs (C(OH)–C–C–N with tert-alkyl or cyclic N) is 1. The molecular formula is C15H33NO3. The van der Waals surface area contributed by atoms with Crippen LogP contribution in [0.1, 0.15) is 59.3 Å². The third-order valence-electron chi connectivity index (χ3n) is 3.16. The molecule has 0 aromatic carbocycles. The molecule has 0 aliphatic heterocycles. The van der Waals surface area contributed by atoms with Gasteiger partial charge in [0.05, 0.1) is 19.3 Å². The summed E-state index contributed by atoms with van der Waals surface area (Å²) in [5.74, 6) is 0. The third-order valence-corrected chi connectivity index (χ3v) is 3.16. The lowest BCUT2D eigenvalue weighted by Gasteiger charge is -2.25. The highest BCUT2D eigenvalue weighted by atomic mass is 16.5. The largest absolute Gasteiger partial charge is 0.394 e. The number of aliphatic hydroxyl groups excluding tert-OH is 2. The quantitative estimate of drug-likeness (QED) is 0.450. The maximum atomic E-state index is 9.71. The predicted octanol–water partition coefficient (Wildman–Crippen LogP) is 2.08. The molecule has 0 aromatic rings. The molecule has 0 spiro atoms. The van der Waals surface area contributed by atoms with Crippen LogP contribution in [0.4, 0.5) is 0 Å². The van der Waals surface area contributed by atoms with Gasteiger partial charge < -0.3 is 20.3 Å². The van der Waals surface area contributed by atoms with Gasteiger partial charge in [-0.25, -0.2) is 0 Å². The Bertz CT molecular complexity index is 198. The topological polar surface area (TPSA) is 61.7 Å². The van der Waals surface area contributed by atoms with E-state index in [0.29, 0.717) is 13.2 Å². The van der Waals surface area contributed by atoms with Crippen molar-refractivity contribution in [3.63, 3.8) is 0 Å². The van der Waals surface area contributed by atoms with Crippen molar-refractivity contribution in [2.45, 2.75) is 70.9 Å². The van der Waals surface area contributed by atoms with Gasteiger partial charge in [0.2, 0.25) is 0 Å². The van der Waals surface area contributed by atoms with Gasteiger partial charge in [-0.05, 0) is 20.3 Å². The molecule has 19 heavy (non-hydrogen) atoms. The average molecular weight is 275 g/mol. The molecule has 0 aromatic heterocycles. The molecule has 0 amide bonds. The molecule has 3 N–H and O–H groups in total. The summed E-state index contributed by atoms with van der Waals surface area (Å²) in [6.45, 7) is 7.61. The molecule has 1 atom stereocenters. The zero-order valence-corrected chi connectivity index (χ0v) is 13.0. The molecule has 4 nitrogen and oxygen atoms in total. The maximum Gasteiger partial charge on any atom is 0.0897 e. The molecule has 116 valence electrons. The lowest BCUT2D eigenvalue weighted by atomic mass is 10.1. The molecule has 0 rings (SSSR count). The fraction of sp³-hybridized carbons (Fsp3) is 1.00. The SMILES string of the molecule is CCCCCCCCOCC(O)CNC(C)(C)CO. The summed E-state index contributed by atoms with van der Waals surface area (Å²) in [6, 6.07) is 0. The van der Waals surface area contributed by atoms with Gasteiger partial charge in [0, 0.05) is 18.7 Å². The number of aliphatic hydroxyl groups is 2. The number of rotatable bonds is 13. The maximum absolute atomic E-state index is 9.71. The second kappa shape index (κ2) is 11.6. The molecule has 0 saturated carbocycles.